The summed E-state index contributed by atoms with van der Waals surface area (Å²) in [6.07, 6.45) is 0.200. The van der Waals surface area contributed by atoms with Crippen LogP contribution in [0.15, 0.2) is 24.3 Å². The molecule has 23 heavy (non-hydrogen) atoms. The molecule has 7 heteroatoms. The first kappa shape index (κ1) is 16.7. The van der Waals surface area contributed by atoms with Gasteiger partial charge < -0.3 is 4.74 Å². The smallest absolute Gasteiger partial charge is 0.310 e. The van der Waals surface area contributed by atoms with Crippen LogP contribution in [0.25, 0.3) is 0 Å². The third-order valence-corrected chi connectivity index (χ3v) is 3.64. The molecule has 0 amide bonds. The standard InChI is InChI=1S/C16H19N3O4/c1-4-23-16(20)9-15-11(2)17-18(12(15)3)10-13-5-7-14(8-6-13)19(21)22/h5-8H,4,9-10H2,1-3H3. The van der Waals surface area contributed by atoms with Crippen molar-refractivity contribution in [1.29, 1.82) is 0 Å². The highest BCUT2D eigenvalue weighted by Gasteiger charge is 2.16. The van der Waals surface area contributed by atoms with Crippen molar-refractivity contribution in [3.63, 3.8) is 0 Å². The van der Waals surface area contributed by atoms with Gasteiger partial charge in [0.15, 0.2) is 0 Å². The average Bonchev–Trinajstić information content (AvgIpc) is 2.76. The molecule has 0 aliphatic heterocycles. The number of carbonyl (C=O) groups is 1. The van der Waals surface area contributed by atoms with E-state index in [1.165, 1.54) is 12.1 Å². The maximum atomic E-state index is 11.7. The second-order valence-corrected chi connectivity index (χ2v) is 5.21. The molecule has 0 N–H and O–H groups in total. The lowest BCUT2D eigenvalue weighted by molar-refractivity contribution is -0.384. The zero-order chi connectivity index (χ0) is 17.0. The molecule has 0 aliphatic carbocycles. The number of aromatic nitrogens is 2. The molecule has 0 aliphatic rings. The summed E-state index contributed by atoms with van der Waals surface area (Å²) >= 11 is 0. The molecule has 0 atom stereocenters. The van der Waals surface area contributed by atoms with Crippen LogP contribution >= 0.6 is 0 Å². The van der Waals surface area contributed by atoms with E-state index in [1.54, 1.807) is 23.7 Å². The highest BCUT2D eigenvalue weighted by molar-refractivity contribution is 5.73. The Morgan fingerprint density at radius 1 is 1.30 bits per heavy atom. The Hall–Kier alpha value is -2.70. The third kappa shape index (κ3) is 3.94. The van der Waals surface area contributed by atoms with Crippen LogP contribution in [0, 0.1) is 24.0 Å². The van der Waals surface area contributed by atoms with Crippen molar-refractivity contribution < 1.29 is 14.5 Å². The molecule has 0 saturated heterocycles. The number of nitrogens with zero attached hydrogens (tertiary/aromatic N) is 3. The molecule has 7 nitrogen and oxygen atoms in total. The number of non-ortho nitro benzene ring substituents is 1. The van der Waals surface area contributed by atoms with E-state index in [0.29, 0.717) is 13.2 Å². The van der Waals surface area contributed by atoms with Gasteiger partial charge in [0.1, 0.15) is 0 Å². The van der Waals surface area contributed by atoms with Crippen molar-refractivity contribution in [2.75, 3.05) is 6.61 Å². The van der Waals surface area contributed by atoms with Crippen LogP contribution in [0.3, 0.4) is 0 Å². The Balaban J connectivity index is 2.17. The summed E-state index contributed by atoms with van der Waals surface area (Å²) in [7, 11) is 0. The predicted molar refractivity (Wildman–Crippen MR) is 84.2 cm³/mol. The van der Waals surface area contributed by atoms with Crippen LogP contribution in [-0.4, -0.2) is 27.3 Å². The molecule has 2 aromatic rings. The third-order valence-electron chi connectivity index (χ3n) is 3.64. The number of ether oxygens (including phenoxy) is 1. The lowest BCUT2D eigenvalue weighted by Crippen LogP contribution is -2.09. The second kappa shape index (κ2) is 7.04. The van der Waals surface area contributed by atoms with Gasteiger partial charge in [0.05, 0.1) is 30.2 Å². The van der Waals surface area contributed by atoms with Crippen LogP contribution < -0.4 is 0 Å². The molecule has 0 saturated carbocycles. The maximum absolute atomic E-state index is 11.7. The molecule has 1 aromatic carbocycles. The normalized spacial score (nSPS) is 10.6. The highest BCUT2D eigenvalue weighted by atomic mass is 16.6. The molecular weight excluding hydrogens is 298 g/mol. The van der Waals surface area contributed by atoms with Gasteiger partial charge in [-0.1, -0.05) is 12.1 Å². The van der Waals surface area contributed by atoms with Crippen LogP contribution in [0.2, 0.25) is 0 Å². The lowest BCUT2D eigenvalue weighted by atomic mass is 10.1. The lowest BCUT2D eigenvalue weighted by Gasteiger charge is -2.06. The van der Waals surface area contributed by atoms with Gasteiger partial charge >= 0.3 is 5.97 Å². The van der Waals surface area contributed by atoms with Gasteiger partial charge in [-0.15, -0.1) is 0 Å². The van der Waals surface area contributed by atoms with Crippen molar-refractivity contribution in [2.45, 2.75) is 33.7 Å². The summed E-state index contributed by atoms with van der Waals surface area (Å²) in [6.45, 7) is 6.38. The van der Waals surface area contributed by atoms with E-state index in [1.807, 2.05) is 13.8 Å². The van der Waals surface area contributed by atoms with E-state index in [-0.39, 0.29) is 18.1 Å². The molecule has 0 fully saturated rings. The molecule has 0 radical (unpaired) electrons. The summed E-state index contributed by atoms with van der Waals surface area (Å²) in [5, 5.41) is 15.1. The van der Waals surface area contributed by atoms with Gasteiger partial charge in [-0.25, -0.2) is 0 Å². The molecule has 122 valence electrons. The van der Waals surface area contributed by atoms with Crippen molar-refractivity contribution in [3.8, 4) is 0 Å². The van der Waals surface area contributed by atoms with Gasteiger partial charge in [-0.05, 0) is 26.3 Å². The number of rotatable bonds is 6. The molecule has 0 unspecified atom stereocenters. The number of hydrogen-bond donors (Lipinski definition) is 0. The number of aryl methyl sites for hydroxylation is 1. The van der Waals surface area contributed by atoms with Crippen LogP contribution in [0.5, 0.6) is 0 Å². The minimum Gasteiger partial charge on any atom is -0.466 e. The number of hydrogen-bond acceptors (Lipinski definition) is 5. The second-order valence-electron chi connectivity index (χ2n) is 5.21. The summed E-state index contributed by atoms with van der Waals surface area (Å²) in [6, 6.07) is 6.36. The van der Waals surface area contributed by atoms with E-state index in [0.717, 1.165) is 22.5 Å². The molecule has 2 rings (SSSR count). The van der Waals surface area contributed by atoms with Gasteiger partial charge in [0, 0.05) is 23.4 Å². The number of esters is 1. The van der Waals surface area contributed by atoms with Crippen molar-refractivity contribution in [2.24, 2.45) is 0 Å². The molecule has 1 heterocycles. The van der Waals surface area contributed by atoms with Crippen molar-refractivity contribution in [1.82, 2.24) is 9.78 Å². The largest absolute Gasteiger partial charge is 0.466 e. The summed E-state index contributed by atoms with van der Waals surface area (Å²) < 4.78 is 6.78. The average molecular weight is 317 g/mol. The van der Waals surface area contributed by atoms with Gasteiger partial charge in [-0.3, -0.25) is 19.6 Å². The monoisotopic (exact) mass is 317 g/mol. The molecule has 0 bridgehead atoms. The first-order valence-corrected chi connectivity index (χ1v) is 7.34. The molecule has 1 aromatic heterocycles. The predicted octanol–water partition coefficient (Wildman–Crippen LogP) is 2.56. The maximum Gasteiger partial charge on any atom is 0.310 e. The first-order valence-electron chi connectivity index (χ1n) is 7.34. The first-order chi connectivity index (χ1) is 10.9. The topological polar surface area (TPSA) is 87.3 Å². The highest BCUT2D eigenvalue weighted by Crippen LogP contribution is 2.17. The zero-order valence-corrected chi connectivity index (χ0v) is 13.4. The summed E-state index contributed by atoms with van der Waals surface area (Å²) in [4.78, 5) is 21.9. The number of nitro benzene ring substituents is 1. The molecular formula is C16H19N3O4. The molecule has 0 spiro atoms. The van der Waals surface area contributed by atoms with Gasteiger partial charge in [0.2, 0.25) is 0 Å². The van der Waals surface area contributed by atoms with Crippen LogP contribution in [0.1, 0.15) is 29.4 Å². The number of nitro groups is 1. The van der Waals surface area contributed by atoms with Crippen LogP contribution in [0.4, 0.5) is 5.69 Å². The quantitative estimate of drug-likeness (QED) is 0.464. The zero-order valence-electron chi connectivity index (χ0n) is 13.4. The Bertz CT molecular complexity index is 720. The van der Waals surface area contributed by atoms with E-state index in [9.17, 15) is 14.9 Å². The summed E-state index contributed by atoms with van der Waals surface area (Å²) in [5.74, 6) is -0.270. The number of carbonyl (C=O) groups excluding carboxylic acids is 1. The van der Waals surface area contributed by atoms with Crippen LogP contribution in [-0.2, 0) is 22.5 Å². The Kier molecular flexibility index (Phi) is 5.10. The van der Waals surface area contributed by atoms with Crippen molar-refractivity contribution in [3.05, 3.63) is 56.9 Å². The Morgan fingerprint density at radius 3 is 2.52 bits per heavy atom. The summed E-state index contributed by atoms with van der Waals surface area (Å²) in [5.41, 5.74) is 3.52. The Morgan fingerprint density at radius 2 is 1.96 bits per heavy atom. The van der Waals surface area contributed by atoms with Gasteiger partial charge in [-0.2, -0.15) is 5.10 Å². The van der Waals surface area contributed by atoms with E-state index < -0.39 is 4.92 Å². The van der Waals surface area contributed by atoms with Crippen molar-refractivity contribution >= 4 is 11.7 Å². The van der Waals surface area contributed by atoms with Gasteiger partial charge in [0.25, 0.3) is 5.69 Å². The Labute approximate surface area is 134 Å². The fourth-order valence-corrected chi connectivity index (χ4v) is 2.40. The minimum atomic E-state index is -0.426. The minimum absolute atomic E-state index is 0.0603. The fraction of sp³-hybridized carbons (Fsp3) is 0.375. The van der Waals surface area contributed by atoms with E-state index >= 15 is 0 Å². The van der Waals surface area contributed by atoms with E-state index in [2.05, 4.69) is 5.10 Å². The van der Waals surface area contributed by atoms with E-state index in [4.69, 9.17) is 4.74 Å². The fourth-order valence-electron chi connectivity index (χ4n) is 2.40. The number of benzene rings is 1. The SMILES string of the molecule is CCOC(=O)Cc1c(C)nn(Cc2ccc([N+](=O)[O-])cc2)c1C.